The molecule has 1 saturated heterocycles. The molecule has 1 aliphatic rings. The Bertz CT molecular complexity index is 229. The molecule has 1 N–H and O–H groups in total. The second-order valence-electron chi connectivity index (χ2n) is 3.34. The lowest BCUT2D eigenvalue weighted by atomic mass is 10.1. The molecule has 0 aromatic heterocycles. The van der Waals surface area contributed by atoms with Crippen molar-refractivity contribution in [3.05, 3.63) is 0 Å². The van der Waals surface area contributed by atoms with Gasteiger partial charge in [-0.15, -0.1) is 0 Å². The number of aliphatic carboxylic acids is 1. The lowest BCUT2D eigenvalue weighted by Gasteiger charge is -2.29. The van der Waals surface area contributed by atoms with Gasteiger partial charge in [-0.1, -0.05) is 0 Å². The Balaban J connectivity index is 2.16. The van der Waals surface area contributed by atoms with Crippen LogP contribution in [0.3, 0.4) is 0 Å². The number of rotatable bonds is 4. The SMILES string of the molecule is N#CCN1CCC(OCC(=O)O)CC1. The molecule has 0 unspecified atom stereocenters. The summed E-state index contributed by atoms with van der Waals surface area (Å²) in [5, 5.41) is 16.9. The van der Waals surface area contributed by atoms with Crippen LogP contribution in [0.25, 0.3) is 0 Å². The highest BCUT2D eigenvalue weighted by Crippen LogP contribution is 2.12. The first-order valence-electron chi connectivity index (χ1n) is 4.65. The normalized spacial score (nSPS) is 19.1. The van der Waals surface area contributed by atoms with Crippen LogP contribution < -0.4 is 0 Å². The predicted molar refractivity (Wildman–Crippen MR) is 48.7 cm³/mol. The maximum Gasteiger partial charge on any atom is 0.329 e. The molecule has 1 heterocycles. The Morgan fingerprint density at radius 1 is 1.57 bits per heavy atom. The molecule has 0 spiro atoms. The number of carboxylic acids is 1. The van der Waals surface area contributed by atoms with E-state index in [1.807, 2.05) is 4.90 Å². The van der Waals surface area contributed by atoms with E-state index in [0.29, 0.717) is 6.54 Å². The molecule has 5 heteroatoms. The molecule has 1 rings (SSSR count). The van der Waals surface area contributed by atoms with Gasteiger partial charge in [0.15, 0.2) is 0 Å². The molecule has 0 aliphatic carbocycles. The number of nitrogens with zero attached hydrogens (tertiary/aromatic N) is 2. The minimum Gasteiger partial charge on any atom is -0.480 e. The summed E-state index contributed by atoms with van der Waals surface area (Å²) in [7, 11) is 0. The van der Waals surface area contributed by atoms with Gasteiger partial charge in [-0.25, -0.2) is 4.79 Å². The highest BCUT2D eigenvalue weighted by Gasteiger charge is 2.19. The minimum absolute atomic E-state index is 0.0426. The average Bonchev–Trinajstić information content (AvgIpc) is 2.17. The highest BCUT2D eigenvalue weighted by molar-refractivity contribution is 5.68. The van der Waals surface area contributed by atoms with Crippen LogP contribution >= 0.6 is 0 Å². The quantitative estimate of drug-likeness (QED) is 0.647. The Morgan fingerprint density at radius 3 is 2.71 bits per heavy atom. The van der Waals surface area contributed by atoms with Crippen LogP contribution in [0.1, 0.15) is 12.8 Å². The molecule has 5 nitrogen and oxygen atoms in total. The molecule has 0 aromatic rings. The van der Waals surface area contributed by atoms with E-state index in [1.54, 1.807) is 0 Å². The molecule has 0 atom stereocenters. The average molecular weight is 198 g/mol. The molecule has 1 aliphatic heterocycles. The molecule has 0 bridgehead atoms. The minimum atomic E-state index is -0.926. The summed E-state index contributed by atoms with van der Waals surface area (Å²) in [6.07, 6.45) is 1.67. The van der Waals surface area contributed by atoms with Crippen LogP contribution in [-0.2, 0) is 9.53 Å². The van der Waals surface area contributed by atoms with Gasteiger partial charge in [0.2, 0.25) is 0 Å². The largest absolute Gasteiger partial charge is 0.480 e. The van der Waals surface area contributed by atoms with Crippen molar-refractivity contribution in [1.82, 2.24) is 4.90 Å². The first-order valence-corrected chi connectivity index (χ1v) is 4.65. The topological polar surface area (TPSA) is 73.6 Å². The van der Waals surface area contributed by atoms with Crippen molar-refractivity contribution < 1.29 is 14.6 Å². The number of ether oxygens (including phenoxy) is 1. The predicted octanol–water partition coefficient (Wildman–Crippen LogP) is 0.0756. The lowest BCUT2D eigenvalue weighted by molar-refractivity contribution is -0.145. The van der Waals surface area contributed by atoms with Crippen molar-refractivity contribution in [3.8, 4) is 6.07 Å². The van der Waals surface area contributed by atoms with Gasteiger partial charge < -0.3 is 9.84 Å². The Morgan fingerprint density at radius 2 is 2.21 bits per heavy atom. The number of nitriles is 1. The molecule has 0 radical (unpaired) electrons. The van der Waals surface area contributed by atoms with Crippen LogP contribution in [0, 0.1) is 11.3 Å². The van der Waals surface area contributed by atoms with Crippen molar-refractivity contribution in [2.24, 2.45) is 0 Å². The highest BCUT2D eigenvalue weighted by atomic mass is 16.5. The molecular weight excluding hydrogens is 184 g/mol. The maximum absolute atomic E-state index is 10.2. The Kier molecular flexibility index (Phi) is 4.36. The van der Waals surface area contributed by atoms with Crippen molar-refractivity contribution >= 4 is 5.97 Å². The molecule has 0 amide bonds. The number of carboxylic acid groups (broad SMARTS) is 1. The van der Waals surface area contributed by atoms with Crippen LogP contribution in [0.2, 0.25) is 0 Å². The zero-order valence-electron chi connectivity index (χ0n) is 7.98. The summed E-state index contributed by atoms with van der Waals surface area (Å²) in [5.74, 6) is -0.926. The van der Waals surface area contributed by atoms with E-state index in [9.17, 15) is 4.79 Å². The molecule has 0 aromatic carbocycles. The van der Waals surface area contributed by atoms with Gasteiger partial charge in [0.05, 0.1) is 18.7 Å². The Labute approximate surface area is 82.9 Å². The van der Waals surface area contributed by atoms with Gasteiger partial charge in [-0.3, -0.25) is 4.90 Å². The third kappa shape index (κ3) is 3.73. The van der Waals surface area contributed by atoms with E-state index in [2.05, 4.69) is 6.07 Å². The van der Waals surface area contributed by atoms with E-state index >= 15 is 0 Å². The fraction of sp³-hybridized carbons (Fsp3) is 0.778. The fourth-order valence-electron chi connectivity index (χ4n) is 1.52. The van der Waals surface area contributed by atoms with Crippen molar-refractivity contribution in [2.75, 3.05) is 26.2 Å². The molecule has 0 saturated carbocycles. The van der Waals surface area contributed by atoms with Crippen LogP contribution in [0.4, 0.5) is 0 Å². The van der Waals surface area contributed by atoms with E-state index in [1.165, 1.54) is 0 Å². The molecular formula is C9H14N2O3. The summed E-state index contributed by atoms with van der Waals surface area (Å²) in [6.45, 7) is 1.87. The van der Waals surface area contributed by atoms with E-state index < -0.39 is 5.97 Å². The number of likely N-dealkylation sites (tertiary alicyclic amines) is 1. The van der Waals surface area contributed by atoms with Gasteiger partial charge in [-0.2, -0.15) is 5.26 Å². The summed E-state index contributed by atoms with van der Waals surface area (Å²) >= 11 is 0. The third-order valence-electron chi connectivity index (χ3n) is 2.27. The van der Waals surface area contributed by atoms with Crippen LogP contribution in [-0.4, -0.2) is 48.3 Å². The van der Waals surface area contributed by atoms with Gasteiger partial charge in [0, 0.05) is 13.1 Å². The van der Waals surface area contributed by atoms with Crippen molar-refractivity contribution in [3.63, 3.8) is 0 Å². The van der Waals surface area contributed by atoms with Crippen molar-refractivity contribution in [2.45, 2.75) is 18.9 Å². The molecule has 78 valence electrons. The number of carbonyl (C=O) groups is 1. The van der Waals surface area contributed by atoms with E-state index in [0.717, 1.165) is 25.9 Å². The number of hydrogen-bond acceptors (Lipinski definition) is 4. The summed E-state index contributed by atoms with van der Waals surface area (Å²) < 4.78 is 5.16. The summed E-state index contributed by atoms with van der Waals surface area (Å²) in [6, 6.07) is 2.09. The van der Waals surface area contributed by atoms with Gasteiger partial charge in [-0.05, 0) is 12.8 Å². The van der Waals surface area contributed by atoms with Crippen molar-refractivity contribution in [1.29, 1.82) is 5.26 Å². The van der Waals surface area contributed by atoms with Gasteiger partial charge >= 0.3 is 5.97 Å². The first-order chi connectivity index (χ1) is 6.72. The second-order valence-corrected chi connectivity index (χ2v) is 3.34. The molecule has 14 heavy (non-hydrogen) atoms. The number of hydrogen-bond donors (Lipinski definition) is 1. The van der Waals surface area contributed by atoms with Crippen LogP contribution in [0.5, 0.6) is 0 Å². The van der Waals surface area contributed by atoms with Crippen LogP contribution in [0.15, 0.2) is 0 Å². The monoisotopic (exact) mass is 198 g/mol. The van der Waals surface area contributed by atoms with Gasteiger partial charge in [0.1, 0.15) is 6.61 Å². The van der Waals surface area contributed by atoms with E-state index in [4.69, 9.17) is 15.1 Å². The number of piperidine rings is 1. The first kappa shape index (κ1) is 11.0. The second kappa shape index (κ2) is 5.58. The Hall–Kier alpha value is -1.12. The standard InChI is InChI=1S/C9H14N2O3/c10-3-6-11-4-1-8(2-5-11)14-7-9(12)13/h8H,1-2,4-7H2,(H,12,13). The fourth-order valence-corrected chi connectivity index (χ4v) is 1.52. The van der Waals surface area contributed by atoms with E-state index in [-0.39, 0.29) is 12.7 Å². The molecule has 1 fully saturated rings. The zero-order chi connectivity index (χ0) is 10.4. The third-order valence-corrected chi connectivity index (χ3v) is 2.27. The lowest BCUT2D eigenvalue weighted by Crippen LogP contribution is -2.37. The maximum atomic E-state index is 10.2. The summed E-state index contributed by atoms with van der Waals surface area (Å²) in [5.41, 5.74) is 0. The summed E-state index contributed by atoms with van der Waals surface area (Å²) in [4.78, 5) is 12.3. The smallest absolute Gasteiger partial charge is 0.329 e. The van der Waals surface area contributed by atoms with Gasteiger partial charge in [0.25, 0.3) is 0 Å². The zero-order valence-corrected chi connectivity index (χ0v) is 7.98.